The van der Waals surface area contributed by atoms with Crippen molar-refractivity contribution < 1.29 is 22.7 Å². The predicted molar refractivity (Wildman–Crippen MR) is 181 cm³/mol. The lowest BCUT2D eigenvalue weighted by molar-refractivity contribution is -0.274. The molecule has 0 radical (unpaired) electrons. The van der Waals surface area contributed by atoms with Crippen LogP contribution in [0.4, 0.5) is 18.9 Å². The zero-order valence-electron chi connectivity index (χ0n) is 25.6. The first-order valence-corrected chi connectivity index (χ1v) is 16.5. The molecule has 5 rings (SSSR count). The van der Waals surface area contributed by atoms with Gasteiger partial charge in [0.05, 0.1) is 17.1 Å². The Balaban J connectivity index is 1.12. The molecule has 0 unspecified atom stereocenters. The summed E-state index contributed by atoms with van der Waals surface area (Å²) in [5.74, 6) is 0.623. The fourth-order valence-corrected chi connectivity index (χ4v) is 6.35. The van der Waals surface area contributed by atoms with Gasteiger partial charge in [0, 0.05) is 12.0 Å². The number of nitrogens with zero attached hydrogens (tertiary/aromatic N) is 5. The van der Waals surface area contributed by atoms with E-state index in [1.807, 2.05) is 19.1 Å². The zero-order valence-corrected chi connectivity index (χ0v) is 27.2. The number of aromatic nitrogens is 3. The monoisotopic (exact) mass is 665 g/mol. The van der Waals surface area contributed by atoms with Gasteiger partial charge in [-0.2, -0.15) is 0 Å². The second kappa shape index (κ2) is 15.0. The van der Waals surface area contributed by atoms with Crippen LogP contribution in [0.2, 0.25) is 0 Å². The fraction of sp³-hybridized carbons (Fsp3) is 0.324. The summed E-state index contributed by atoms with van der Waals surface area (Å²) in [4.78, 5) is 24.3. The number of ether oxygens (including phenoxy) is 1. The van der Waals surface area contributed by atoms with Crippen LogP contribution in [0.3, 0.4) is 0 Å². The topological polar surface area (TPSA) is 72.6 Å². The molecule has 12 heteroatoms. The molecular weight excluding hydrogens is 632 g/mol. The van der Waals surface area contributed by atoms with Crippen LogP contribution in [0.1, 0.15) is 55.7 Å². The minimum Gasteiger partial charge on any atom is -0.406 e. The maximum atomic E-state index is 12.8. The molecule has 0 N–H and O–H groups in total. The number of unbranched alkanes of at least 4 members (excludes halogenated alkanes) is 2. The first-order valence-electron chi connectivity index (χ1n) is 15.1. The summed E-state index contributed by atoms with van der Waals surface area (Å²) in [5.41, 5.74) is 5.73. The Labute approximate surface area is 275 Å². The summed E-state index contributed by atoms with van der Waals surface area (Å²) in [6.07, 6.45) is 3.08. The van der Waals surface area contributed by atoms with Gasteiger partial charge in [0.1, 0.15) is 17.1 Å². The number of benzene rings is 3. The van der Waals surface area contributed by atoms with Crippen LogP contribution in [-0.2, 0) is 17.6 Å². The third-order valence-corrected chi connectivity index (χ3v) is 8.57. The average Bonchev–Trinajstić information content (AvgIpc) is 3.65. The van der Waals surface area contributed by atoms with Crippen molar-refractivity contribution in [2.24, 2.45) is 4.99 Å². The number of thiocarbonyl (C=S) groups is 1. The number of carbonyl (C=O) groups excluding carboxylic acids is 1. The van der Waals surface area contributed by atoms with Crippen LogP contribution in [0.5, 0.6) is 5.75 Å². The Morgan fingerprint density at radius 2 is 1.85 bits per heavy atom. The van der Waals surface area contributed by atoms with Gasteiger partial charge in [-0.25, -0.2) is 14.7 Å². The number of aliphatic imine (C=N–C) groups is 1. The van der Waals surface area contributed by atoms with Crippen molar-refractivity contribution in [1.29, 1.82) is 0 Å². The van der Waals surface area contributed by atoms with Crippen molar-refractivity contribution in [1.82, 2.24) is 14.8 Å². The van der Waals surface area contributed by atoms with E-state index >= 15 is 0 Å². The highest BCUT2D eigenvalue weighted by Gasteiger charge is 2.32. The van der Waals surface area contributed by atoms with Crippen LogP contribution >= 0.6 is 24.0 Å². The minimum absolute atomic E-state index is 0.0346. The van der Waals surface area contributed by atoms with E-state index in [1.54, 1.807) is 4.90 Å². The Kier molecular flexibility index (Phi) is 10.9. The first kappa shape index (κ1) is 33.3. The van der Waals surface area contributed by atoms with Crippen LogP contribution in [0.15, 0.2) is 78.0 Å². The molecule has 1 aliphatic heterocycles. The second-order valence-electron chi connectivity index (χ2n) is 11.0. The highest BCUT2D eigenvalue weighted by Crippen LogP contribution is 2.32. The third-order valence-electron chi connectivity index (χ3n) is 7.35. The summed E-state index contributed by atoms with van der Waals surface area (Å²) in [7, 11) is 0. The molecule has 1 aliphatic rings. The average molecular weight is 666 g/mol. The van der Waals surface area contributed by atoms with Crippen molar-refractivity contribution in [3.63, 3.8) is 0 Å². The number of amidine groups is 1. The van der Waals surface area contributed by atoms with E-state index in [9.17, 15) is 18.0 Å². The number of hydrogen-bond donors (Lipinski definition) is 0. The van der Waals surface area contributed by atoms with Gasteiger partial charge < -0.3 is 4.74 Å². The molecule has 3 aromatic carbocycles. The van der Waals surface area contributed by atoms with Crippen molar-refractivity contribution >= 4 is 45.7 Å². The largest absolute Gasteiger partial charge is 0.573 e. The number of thioether (sulfide) groups is 1. The van der Waals surface area contributed by atoms with Gasteiger partial charge in [0.25, 0.3) is 0 Å². The standard InChI is InChI=1S/C34H34F3N5O2S2/c1-3-8-25-14-13-23(2)19-29(25)42-31(43)21-46-33(42)39-30(45)12-6-4-5-9-24-10-7-11-26(20-24)32-38-22-41(40-32)27-15-17-28(18-16-27)44-34(35,36)37/h7,10-11,13-20,22H,3-6,8-9,12,21H2,1-2H3. The molecule has 0 saturated carbocycles. The lowest BCUT2D eigenvalue weighted by Crippen LogP contribution is -2.30. The predicted octanol–water partition coefficient (Wildman–Crippen LogP) is 8.66. The summed E-state index contributed by atoms with van der Waals surface area (Å²) >= 11 is 7.06. The van der Waals surface area contributed by atoms with Crippen molar-refractivity contribution in [3.05, 3.63) is 89.7 Å². The molecule has 7 nitrogen and oxygen atoms in total. The lowest BCUT2D eigenvalue weighted by atomic mass is 10.0. The number of rotatable bonds is 12. The van der Waals surface area contributed by atoms with Crippen molar-refractivity contribution in [2.45, 2.75) is 65.2 Å². The van der Waals surface area contributed by atoms with E-state index in [0.717, 1.165) is 66.5 Å². The van der Waals surface area contributed by atoms with E-state index in [4.69, 9.17) is 17.2 Å². The van der Waals surface area contributed by atoms with E-state index in [0.29, 0.717) is 33.8 Å². The Hall–Kier alpha value is -4.03. The molecule has 2 heterocycles. The smallest absolute Gasteiger partial charge is 0.406 e. The Morgan fingerprint density at radius 3 is 2.61 bits per heavy atom. The minimum atomic E-state index is -4.74. The van der Waals surface area contributed by atoms with Gasteiger partial charge in [-0.05, 0) is 85.7 Å². The van der Waals surface area contributed by atoms with Gasteiger partial charge >= 0.3 is 6.36 Å². The number of aryl methyl sites for hydroxylation is 3. The third kappa shape index (κ3) is 8.82. The molecular formula is C34H34F3N5O2S2. The van der Waals surface area contributed by atoms with Gasteiger partial charge in [0.2, 0.25) is 5.91 Å². The number of amides is 1. The molecule has 0 spiro atoms. The quantitative estimate of drug-likeness (QED) is 0.111. The maximum Gasteiger partial charge on any atom is 0.573 e. The summed E-state index contributed by atoms with van der Waals surface area (Å²) < 4.78 is 42.8. The molecule has 46 heavy (non-hydrogen) atoms. The van der Waals surface area contributed by atoms with Crippen LogP contribution in [0, 0.1) is 6.92 Å². The lowest BCUT2D eigenvalue weighted by Gasteiger charge is -2.20. The molecule has 240 valence electrons. The Morgan fingerprint density at radius 1 is 1.04 bits per heavy atom. The van der Waals surface area contributed by atoms with E-state index < -0.39 is 6.36 Å². The Bertz CT molecular complexity index is 1720. The highest BCUT2D eigenvalue weighted by atomic mass is 32.2. The molecule has 1 fully saturated rings. The normalized spacial score (nSPS) is 14.3. The molecule has 1 amide bonds. The molecule has 1 aromatic heterocycles. The van der Waals surface area contributed by atoms with Gasteiger partial charge in [-0.1, -0.05) is 74.1 Å². The molecule has 1 saturated heterocycles. The van der Waals surface area contributed by atoms with Crippen LogP contribution in [-0.4, -0.2) is 42.9 Å². The van der Waals surface area contributed by atoms with E-state index in [2.05, 4.69) is 52.1 Å². The van der Waals surface area contributed by atoms with Gasteiger partial charge in [-0.15, -0.1) is 18.3 Å². The SMILES string of the molecule is CCCc1ccc(C)cc1N1C(=O)CSC1=NC(=S)CCCCCc1cccc(-c2ncn(-c3ccc(OC(F)(F)F)cc3)n2)c1. The maximum absolute atomic E-state index is 12.8. The molecule has 4 aromatic rings. The zero-order chi connectivity index (χ0) is 32.7. The van der Waals surface area contributed by atoms with E-state index in [-0.39, 0.29) is 11.7 Å². The van der Waals surface area contributed by atoms with Gasteiger partial charge in [-0.3, -0.25) is 9.69 Å². The van der Waals surface area contributed by atoms with Crippen LogP contribution in [0.25, 0.3) is 17.1 Å². The van der Waals surface area contributed by atoms with Gasteiger partial charge in [0.15, 0.2) is 11.0 Å². The molecule has 0 bridgehead atoms. The second-order valence-corrected chi connectivity index (χ2v) is 12.4. The highest BCUT2D eigenvalue weighted by molar-refractivity contribution is 8.15. The van der Waals surface area contributed by atoms with Crippen molar-refractivity contribution in [2.75, 3.05) is 10.7 Å². The summed E-state index contributed by atoms with van der Waals surface area (Å²) in [5, 5.41) is 5.17. The number of alkyl halides is 3. The molecule has 0 atom stereocenters. The summed E-state index contributed by atoms with van der Waals surface area (Å²) in [6.45, 7) is 4.16. The number of hydrogen-bond acceptors (Lipinski definition) is 6. The number of carbonyl (C=O) groups is 1. The van der Waals surface area contributed by atoms with Crippen LogP contribution < -0.4 is 9.64 Å². The molecule has 0 aliphatic carbocycles. The first-order chi connectivity index (χ1) is 22.1. The number of anilines is 1. The van der Waals surface area contributed by atoms with Crippen molar-refractivity contribution in [3.8, 4) is 22.8 Å². The van der Waals surface area contributed by atoms with E-state index in [1.165, 1.54) is 47.0 Å². The fourth-order valence-electron chi connectivity index (χ4n) is 5.18. The summed E-state index contributed by atoms with van der Waals surface area (Å²) in [6, 6.07) is 19.7. The number of halogens is 3.